The molecule has 49 valence electrons. The minimum Gasteiger partial charge on any atom is -0.406 e. The fourth-order valence-electron chi connectivity index (χ4n) is 0.474. The summed E-state index contributed by atoms with van der Waals surface area (Å²) in [6, 6.07) is 3.27. The van der Waals surface area contributed by atoms with Gasteiger partial charge in [0.2, 0.25) is 0 Å². The van der Waals surface area contributed by atoms with Crippen molar-refractivity contribution in [3.63, 3.8) is 0 Å². The van der Waals surface area contributed by atoms with Crippen molar-refractivity contribution in [1.82, 2.24) is 4.98 Å². The van der Waals surface area contributed by atoms with E-state index in [9.17, 15) is 4.79 Å². The first-order valence-corrected chi connectivity index (χ1v) is 2.80. The number of hydrogen-bond donors (Lipinski definition) is 1. The van der Waals surface area contributed by atoms with Crippen molar-refractivity contribution in [3.8, 4) is 0 Å². The summed E-state index contributed by atoms with van der Waals surface area (Å²) in [7, 11) is 0. The average Bonchev–Trinajstić information content (AvgIpc) is 1.90. The van der Waals surface area contributed by atoms with Crippen LogP contribution in [-0.2, 0) is 37.5 Å². The molecule has 0 amide bonds. The van der Waals surface area contributed by atoms with Crippen LogP contribution in [0.1, 0.15) is 5.56 Å². The van der Waals surface area contributed by atoms with E-state index >= 15 is 0 Å². The van der Waals surface area contributed by atoms with Gasteiger partial charge in [0.15, 0.2) is 0 Å². The molecule has 1 aromatic heterocycles. The van der Waals surface area contributed by atoms with Crippen LogP contribution in [0.25, 0.3) is 0 Å². The zero-order valence-electron chi connectivity index (χ0n) is 5.13. The Hall–Kier alpha value is 0.144. The van der Waals surface area contributed by atoms with Crippen molar-refractivity contribution in [2.45, 2.75) is 0 Å². The second-order valence-electron chi connectivity index (χ2n) is 1.54. The van der Waals surface area contributed by atoms with E-state index in [4.69, 9.17) is 12.2 Å². The van der Waals surface area contributed by atoms with Crippen molar-refractivity contribution in [3.05, 3.63) is 28.5 Å². The van der Waals surface area contributed by atoms with Crippen LogP contribution in [0, 0.1) is 4.64 Å². The molecule has 0 aliphatic rings. The van der Waals surface area contributed by atoms with Crippen LogP contribution in [0.15, 0.2) is 18.3 Å². The number of aromatic amines is 1. The van der Waals surface area contributed by atoms with Gasteiger partial charge < -0.3 is 9.78 Å². The third kappa shape index (κ3) is 2.82. The predicted octanol–water partition coefficient (Wildman–Crippen LogP) is 1.20. The van der Waals surface area contributed by atoms with Crippen molar-refractivity contribution in [1.29, 1.82) is 0 Å². The maximum atomic E-state index is 9.94. The molecule has 0 atom stereocenters. The first-order valence-electron chi connectivity index (χ1n) is 2.40. The molecule has 1 radical (unpaired) electrons. The molecule has 10 heavy (non-hydrogen) atoms. The molecule has 1 rings (SSSR count). The number of carbonyl (C=O) groups excluding carboxylic acids is 1. The van der Waals surface area contributed by atoms with Crippen LogP contribution < -0.4 is 0 Å². The molecule has 4 heteroatoms. The summed E-state index contributed by atoms with van der Waals surface area (Å²) < 4.78 is 0.619. The van der Waals surface area contributed by atoms with Crippen LogP contribution in [-0.4, -0.2) is 11.3 Å². The molecule has 0 aliphatic heterocycles. The van der Waals surface area contributed by atoms with Gasteiger partial charge in [-0.15, -0.1) is 5.56 Å². The Bertz CT molecular complexity index is 250. The average molecular weight is 227 g/mol. The van der Waals surface area contributed by atoms with E-state index in [0.717, 1.165) is 0 Å². The van der Waals surface area contributed by atoms with Crippen molar-refractivity contribution in [2.75, 3.05) is 0 Å². The summed E-state index contributed by atoms with van der Waals surface area (Å²) in [5.74, 6) is 0. The molecule has 0 unspecified atom stereocenters. The van der Waals surface area contributed by atoms with Gasteiger partial charge in [-0.2, -0.15) is 6.07 Å². The number of nitrogens with one attached hydrogen (secondary N) is 1. The summed E-state index contributed by atoms with van der Waals surface area (Å²) >= 11 is 4.73. The molecule has 1 N–H and O–H groups in total. The van der Waals surface area contributed by atoms with Gasteiger partial charge in [-0.05, 0) is 0 Å². The first-order chi connectivity index (χ1) is 4.33. The quantitative estimate of drug-likeness (QED) is 0.577. The molecular weight excluding hydrogens is 223 g/mol. The van der Waals surface area contributed by atoms with E-state index in [1.165, 1.54) is 6.20 Å². The predicted molar refractivity (Wildman–Crippen MR) is 36.4 cm³/mol. The SMILES string of the molecule is O=[C-]c1ccc(=S)[nH]c1.[Y]. The normalized spacial score (nSPS) is 8.00. The Labute approximate surface area is 88.9 Å². The van der Waals surface area contributed by atoms with Crippen LogP contribution >= 0.6 is 12.2 Å². The van der Waals surface area contributed by atoms with Crippen LogP contribution in [0.2, 0.25) is 0 Å². The largest absolute Gasteiger partial charge is 0.406 e. The van der Waals surface area contributed by atoms with Gasteiger partial charge in [-0.25, -0.2) is 0 Å². The molecule has 0 aliphatic carbocycles. The van der Waals surface area contributed by atoms with Crippen LogP contribution in [0.4, 0.5) is 0 Å². The maximum Gasteiger partial charge on any atom is 0.0795 e. The Morgan fingerprint density at radius 3 is 2.60 bits per heavy atom. The molecule has 0 bridgehead atoms. The summed E-state index contributed by atoms with van der Waals surface area (Å²) in [4.78, 5) is 12.6. The van der Waals surface area contributed by atoms with Crippen LogP contribution in [0.5, 0.6) is 0 Å². The van der Waals surface area contributed by atoms with Gasteiger partial charge in [0, 0.05) is 32.7 Å². The number of H-pyrrole nitrogens is 1. The van der Waals surface area contributed by atoms with Crippen LogP contribution in [0.3, 0.4) is 0 Å². The fraction of sp³-hybridized carbons (Fsp3) is 0. The first kappa shape index (κ1) is 10.1. The molecule has 0 fully saturated rings. The molecule has 1 heterocycles. The summed E-state index contributed by atoms with van der Waals surface area (Å²) in [5.41, 5.74) is 0.489. The summed E-state index contributed by atoms with van der Waals surface area (Å²) in [6.45, 7) is 0. The van der Waals surface area contributed by atoms with Gasteiger partial charge in [0.05, 0.1) is 10.9 Å². The maximum absolute atomic E-state index is 9.94. The Morgan fingerprint density at radius 1 is 1.50 bits per heavy atom. The van der Waals surface area contributed by atoms with Gasteiger partial charge in [-0.1, -0.05) is 24.5 Å². The number of pyridine rings is 1. The second-order valence-corrected chi connectivity index (χ2v) is 1.98. The van der Waals surface area contributed by atoms with E-state index in [1.807, 2.05) is 0 Å². The van der Waals surface area contributed by atoms with E-state index in [1.54, 1.807) is 18.4 Å². The van der Waals surface area contributed by atoms with E-state index in [2.05, 4.69) is 4.98 Å². The third-order valence-corrected chi connectivity index (χ3v) is 1.16. The second kappa shape index (κ2) is 4.88. The van der Waals surface area contributed by atoms with Gasteiger partial charge >= 0.3 is 0 Å². The molecule has 2 nitrogen and oxygen atoms in total. The molecule has 0 spiro atoms. The molecular formula is C6H4NOSY-. The third-order valence-electron chi connectivity index (χ3n) is 0.902. The topological polar surface area (TPSA) is 32.9 Å². The van der Waals surface area contributed by atoms with Gasteiger partial charge in [-0.3, -0.25) is 0 Å². The minimum atomic E-state index is 0. The fourth-order valence-corrected chi connectivity index (χ4v) is 0.601. The van der Waals surface area contributed by atoms with E-state index in [-0.39, 0.29) is 32.7 Å². The van der Waals surface area contributed by atoms with Crippen molar-refractivity contribution in [2.24, 2.45) is 0 Å². The zero-order valence-corrected chi connectivity index (χ0v) is 8.78. The van der Waals surface area contributed by atoms with E-state index in [0.29, 0.717) is 10.2 Å². The standard InChI is InChI=1S/C6H4NOS.Y/c8-4-5-1-2-6(9)7-3-5;/h1-3H,(H,7,9);/q-1;. The van der Waals surface area contributed by atoms with Crippen molar-refractivity contribution < 1.29 is 37.5 Å². The molecule has 0 saturated carbocycles. The monoisotopic (exact) mass is 227 g/mol. The Morgan fingerprint density at radius 2 is 2.20 bits per heavy atom. The minimum absolute atomic E-state index is 0. The Balaban J connectivity index is 0.000000810. The van der Waals surface area contributed by atoms with Crippen molar-refractivity contribution >= 4 is 18.5 Å². The van der Waals surface area contributed by atoms with E-state index < -0.39 is 0 Å². The molecule has 0 aromatic carbocycles. The molecule has 1 aromatic rings. The van der Waals surface area contributed by atoms with Gasteiger partial charge in [0.1, 0.15) is 0 Å². The summed E-state index contributed by atoms with van der Waals surface area (Å²) in [6.07, 6.45) is 3.25. The zero-order chi connectivity index (χ0) is 6.69. The van der Waals surface area contributed by atoms with Gasteiger partial charge in [0.25, 0.3) is 0 Å². The molecule has 0 saturated heterocycles. The number of aromatic nitrogens is 1. The number of hydrogen-bond acceptors (Lipinski definition) is 2. The number of rotatable bonds is 1. The summed E-state index contributed by atoms with van der Waals surface area (Å²) in [5, 5.41) is 0. The Kier molecular flexibility index (Phi) is 4.95. The smallest absolute Gasteiger partial charge is 0.0795 e.